The Labute approximate surface area is 186 Å². The molecule has 31 heavy (non-hydrogen) atoms. The number of fused-ring (bicyclic) bond motifs is 3. The molecule has 164 valence electrons. The van der Waals surface area contributed by atoms with Gasteiger partial charge in [0.1, 0.15) is 17.4 Å². The number of aryl methyl sites for hydroxylation is 2. The van der Waals surface area contributed by atoms with Gasteiger partial charge in [-0.3, -0.25) is 4.79 Å². The summed E-state index contributed by atoms with van der Waals surface area (Å²) in [5, 5.41) is 10.2. The molecule has 0 amide bonds. The largest absolute Gasteiger partial charge is 0.480 e. The van der Waals surface area contributed by atoms with Gasteiger partial charge in [0.2, 0.25) is 10.0 Å². The number of furan rings is 1. The van der Waals surface area contributed by atoms with Crippen molar-refractivity contribution in [2.24, 2.45) is 0 Å². The Morgan fingerprint density at radius 2 is 1.87 bits per heavy atom. The van der Waals surface area contributed by atoms with Gasteiger partial charge < -0.3 is 9.52 Å². The maximum absolute atomic E-state index is 13.2. The average molecular weight is 460 g/mol. The van der Waals surface area contributed by atoms with Gasteiger partial charge in [-0.1, -0.05) is 36.4 Å². The first-order chi connectivity index (χ1) is 15.0. The van der Waals surface area contributed by atoms with Crippen molar-refractivity contribution in [2.45, 2.75) is 48.8 Å². The van der Waals surface area contributed by atoms with E-state index in [0.717, 1.165) is 48.3 Å². The minimum atomic E-state index is -4.02. The van der Waals surface area contributed by atoms with E-state index in [1.807, 2.05) is 30.3 Å². The first-order valence-electron chi connectivity index (χ1n) is 10.4. The molecule has 1 heterocycles. The Morgan fingerprint density at radius 1 is 1.10 bits per heavy atom. The van der Waals surface area contributed by atoms with Crippen molar-refractivity contribution >= 4 is 38.7 Å². The van der Waals surface area contributed by atoms with E-state index in [2.05, 4.69) is 4.72 Å². The Balaban J connectivity index is 1.49. The molecule has 1 aliphatic rings. The second-order valence-electron chi connectivity index (χ2n) is 7.68. The third kappa shape index (κ3) is 4.97. The van der Waals surface area contributed by atoms with Crippen LogP contribution in [0.25, 0.3) is 11.0 Å². The molecule has 0 saturated heterocycles. The smallest absolute Gasteiger partial charge is 0.321 e. The van der Waals surface area contributed by atoms with Crippen molar-refractivity contribution in [2.75, 3.05) is 5.75 Å². The number of sulfonamides is 1. The lowest BCUT2D eigenvalue weighted by Gasteiger charge is -2.16. The predicted molar refractivity (Wildman–Crippen MR) is 122 cm³/mol. The Kier molecular flexibility index (Phi) is 6.69. The SMILES string of the molecule is O=C(O)[C@H](CCSCc1ccccc1)NS(=O)(=O)c1cccc2oc3c(c12)CCCC3. The van der Waals surface area contributed by atoms with Crippen molar-refractivity contribution < 1.29 is 22.7 Å². The molecule has 8 heteroatoms. The number of aliphatic carboxylic acids is 1. The van der Waals surface area contributed by atoms with Crippen LogP contribution in [0.4, 0.5) is 0 Å². The fourth-order valence-electron chi connectivity index (χ4n) is 3.95. The zero-order chi connectivity index (χ0) is 21.8. The standard InChI is InChI=1S/C23H25NO5S2/c25-23(26)18(13-14-30-15-16-7-2-1-3-8-16)24-31(27,28)21-12-6-11-20-22(21)17-9-4-5-10-19(17)29-20/h1-3,6-8,11-12,18,24H,4-5,9-10,13-15H2,(H,25,26)/t18-/m0/s1. The molecule has 4 rings (SSSR count). The normalized spacial score (nSPS) is 15.0. The Bertz CT molecular complexity index is 1170. The number of carboxylic acid groups (broad SMARTS) is 1. The molecule has 1 atom stereocenters. The van der Waals surface area contributed by atoms with Gasteiger partial charge in [-0.2, -0.15) is 16.5 Å². The summed E-state index contributed by atoms with van der Waals surface area (Å²) in [4.78, 5) is 11.9. The summed E-state index contributed by atoms with van der Waals surface area (Å²) in [7, 11) is -4.02. The molecule has 0 aliphatic heterocycles. The number of nitrogens with one attached hydrogen (secondary N) is 1. The number of carboxylic acids is 1. The number of rotatable bonds is 9. The van der Waals surface area contributed by atoms with Gasteiger partial charge in [0.05, 0.1) is 4.90 Å². The number of hydrogen-bond acceptors (Lipinski definition) is 5. The summed E-state index contributed by atoms with van der Waals surface area (Å²) in [5.74, 6) is 0.946. The fourth-order valence-corrected chi connectivity index (χ4v) is 6.40. The third-order valence-electron chi connectivity index (χ3n) is 5.49. The summed E-state index contributed by atoms with van der Waals surface area (Å²) in [6.07, 6.45) is 3.78. The Hall–Kier alpha value is -2.29. The molecule has 0 radical (unpaired) electrons. The van der Waals surface area contributed by atoms with Crippen molar-refractivity contribution in [3.8, 4) is 0 Å². The zero-order valence-electron chi connectivity index (χ0n) is 17.0. The molecule has 6 nitrogen and oxygen atoms in total. The van der Waals surface area contributed by atoms with E-state index in [1.54, 1.807) is 23.9 Å². The lowest BCUT2D eigenvalue weighted by molar-refractivity contribution is -0.139. The second-order valence-corrected chi connectivity index (χ2v) is 10.5. The summed E-state index contributed by atoms with van der Waals surface area (Å²) in [5.41, 5.74) is 2.63. The highest BCUT2D eigenvalue weighted by atomic mass is 32.2. The van der Waals surface area contributed by atoms with E-state index in [9.17, 15) is 18.3 Å². The fraction of sp³-hybridized carbons (Fsp3) is 0.348. The molecule has 0 fully saturated rings. The summed E-state index contributed by atoms with van der Waals surface area (Å²) >= 11 is 1.58. The van der Waals surface area contributed by atoms with Gasteiger partial charge in [0, 0.05) is 23.1 Å². The highest BCUT2D eigenvalue weighted by molar-refractivity contribution is 7.98. The number of benzene rings is 2. The molecule has 1 aromatic heterocycles. The van der Waals surface area contributed by atoms with Crippen LogP contribution in [0.2, 0.25) is 0 Å². The van der Waals surface area contributed by atoms with Crippen LogP contribution >= 0.6 is 11.8 Å². The molecule has 0 spiro atoms. The summed E-state index contributed by atoms with van der Waals surface area (Å²) in [6, 6.07) is 13.6. The van der Waals surface area contributed by atoms with Gasteiger partial charge in [-0.15, -0.1) is 0 Å². The minimum absolute atomic E-state index is 0.0973. The van der Waals surface area contributed by atoms with Gasteiger partial charge in [0.15, 0.2) is 0 Å². The van der Waals surface area contributed by atoms with Gasteiger partial charge in [0.25, 0.3) is 0 Å². The average Bonchev–Trinajstić information content (AvgIpc) is 3.15. The molecular formula is C23H25NO5S2. The lowest BCUT2D eigenvalue weighted by Crippen LogP contribution is -2.41. The summed E-state index contributed by atoms with van der Waals surface area (Å²) in [6.45, 7) is 0. The molecule has 2 aromatic carbocycles. The van der Waals surface area contributed by atoms with Gasteiger partial charge >= 0.3 is 5.97 Å². The molecule has 2 N–H and O–H groups in total. The highest BCUT2D eigenvalue weighted by Gasteiger charge is 2.29. The quantitative estimate of drug-likeness (QED) is 0.461. The molecule has 3 aromatic rings. The van der Waals surface area contributed by atoms with Crippen LogP contribution in [0.15, 0.2) is 57.8 Å². The van der Waals surface area contributed by atoms with E-state index < -0.39 is 22.0 Å². The van der Waals surface area contributed by atoms with Crippen LogP contribution in [0, 0.1) is 0 Å². The van der Waals surface area contributed by atoms with Crippen molar-refractivity contribution in [3.05, 3.63) is 65.4 Å². The maximum Gasteiger partial charge on any atom is 0.321 e. The molecule has 0 bridgehead atoms. The van der Waals surface area contributed by atoms with Crippen molar-refractivity contribution in [1.82, 2.24) is 4.72 Å². The first-order valence-corrected chi connectivity index (χ1v) is 13.0. The molecule has 0 saturated carbocycles. The highest BCUT2D eigenvalue weighted by Crippen LogP contribution is 2.35. The van der Waals surface area contributed by atoms with Crippen LogP contribution in [-0.4, -0.2) is 31.3 Å². The Morgan fingerprint density at radius 3 is 2.65 bits per heavy atom. The van der Waals surface area contributed by atoms with Crippen LogP contribution in [0.5, 0.6) is 0 Å². The van der Waals surface area contributed by atoms with Crippen LogP contribution in [0.1, 0.15) is 36.1 Å². The number of carbonyl (C=O) groups is 1. The predicted octanol–water partition coefficient (Wildman–Crippen LogP) is 4.37. The summed E-state index contributed by atoms with van der Waals surface area (Å²) < 4.78 is 34.7. The maximum atomic E-state index is 13.2. The van der Waals surface area contributed by atoms with Gasteiger partial charge in [-0.05, 0) is 49.1 Å². The molecular weight excluding hydrogens is 434 g/mol. The number of hydrogen-bond donors (Lipinski definition) is 2. The number of thioether (sulfide) groups is 1. The first kappa shape index (κ1) is 21.9. The van der Waals surface area contributed by atoms with Crippen molar-refractivity contribution in [1.29, 1.82) is 0 Å². The van der Waals surface area contributed by atoms with Crippen molar-refractivity contribution in [3.63, 3.8) is 0 Å². The topological polar surface area (TPSA) is 96.6 Å². The lowest BCUT2D eigenvalue weighted by atomic mass is 9.96. The second kappa shape index (κ2) is 9.46. The van der Waals surface area contributed by atoms with Crippen LogP contribution < -0.4 is 4.72 Å². The van der Waals surface area contributed by atoms with E-state index in [-0.39, 0.29) is 11.3 Å². The van der Waals surface area contributed by atoms with E-state index in [4.69, 9.17) is 4.42 Å². The van der Waals surface area contributed by atoms with E-state index in [0.29, 0.717) is 16.7 Å². The molecule has 1 aliphatic carbocycles. The zero-order valence-corrected chi connectivity index (χ0v) is 18.7. The van der Waals surface area contributed by atoms with Gasteiger partial charge in [-0.25, -0.2) is 8.42 Å². The van der Waals surface area contributed by atoms with Crippen LogP contribution in [-0.2, 0) is 33.4 Å². The van der Waals surface area contributed by atoms with E-state index in [1.165, 1.54) is 6.07 Å². The molecule has 0 unspecified atom stereocenters. The monoisotopic (exact) mass is 459 g/mol. The van der Waals surface area contributed by atoms with E-state index >= 15 is 0 Å². The minimum Gasteiger partial charge on any atom is -0.480 e. The van der Waals surface area contributed by atoms with Crippen LogP contribution in [0.3, 0.4) is 0 Å². The third-order valence-corrected chi connectivity index (χ3v) is 8.06.